The molecule has 21 heavy (non-hydrogen) atoms. The highest BCUT2D eigenvalue weighted by Crippen LogP contribution is 2.29. The number of carbonyl (C=O) groups excluding carboxylic acids is 1. The van der Waals surface area contributed by atoms with Crippen LogP contribution in [0.2, 0.25) is 0 Å². The Labute approximate surface area is 123 Å². The zero-order valence-electron chi connectivity index (χ0n) is 12.2. The van der Waals surface area contributed by atoms with Crippen LogP contribution in [0.4, 0.5) is 5.82 Å². The van der Waals surface area contributed by atoms with E-state index in [2.05, 4.69) is 27.0 Å². The van der Waals surface area contributed by atoms with Crippen LogP contribution in [0.25, 0.3) is 0 Å². The van der Waals surface area contributed by atoms with Gasteiger partial charge < -0.3 is 9.64 Å². The summed E-state index contributed by atoms with van der Waals surface area (Å²) >= 11 is 0. The number of esters is 1. The molecule has 0 bridgehead atoms. The molecule has 1 aliphatic rings. The van der Waals surface area contributed by atoms with Gasteiger partial charge in [0.2, 0.25) is 0 Å². The highest BCUT2D eigenvalue weighted by atomic mass is 16.5. The van der Waals surface area contributed by atoms with E-state index in [4.69, 9.17) is 4.74 Å². The number of aryl methyl sites for hydroxylation is 1. The van der Waals surface area contributed by atoms with Gasteiger partial charge in [0.1, 0.15) is 17.2 Å². The van der Waals surface area contributed by atoms with E-state index in [-0.39, 0.29) is 5.97 Å². The summed E-state index contributed by atoms with van der Waals surface area (Å²) in [5.74, 6) is 0.926. The molecular weight excluding hydrogens is 266 g/mol. The molecule has 0 aliphatic carbocycles. The number of aromatic nitrogens is 2. The molecule has 0 spiro atoms. The number of hydrogen-bond acceptors (Lipinski definition) is 5. The maximum atomic E-state index is 12.1. The average Bonchev–Trinajstić information content (AvgIpc) is 2.91. The number of rotatable bonds is 3. The van der Waals surface area contributed by atoms with Crippen LogP contribution in [-0.2, 0) is 17.8 Å². The summed E-state index contributed by atoms with van der Waals surface area (Å²) in [6, 6.07) is 8.26. The van der Waals surface area contributed by atoms with E-state index in [1.807, 2.05) is 19.1 Å². The number of ether oxygens (including phenoxy) is 1. The predicted molar refractivity (Wildman–Crippen MR) is 79.1 cm³/mol. The maximum absolute atomic E-state index is 12.1. The number of nitrogens with zero attached hydrogens (tertiary/aromatic N) is 3. The van der Waals surface area contributed by atoms with Gasteiger partial charge in [0.25, 0.3) is 0 Å². The summed E-state index contributed by atoms with van der Waals surface area (Å²) in [5, 5.41) is 0. The first kappa shape index (κ1) is 13.5. The number of fused-ring (bicyclic) bond motifs is 1. The van der Waals surface area contributed by atoms with Crippen molar-refractivity contribution in [1.82, 2.24) is 9.97 Å². The third-order valence-corrected chi connectivity index (χ3v) is 3.52. The molecule has 2 heterocycles. The Kier molecular flexibility index (Phi) is 3.56. The molecule has 2 aromatic rings. The van der Waals surface area contributed by atoms with Gasteiger partial charge in [-0.1, -0.05) is 24.3 Å². The largest absolute Gasteiger partial charge is 0.462 e. The minimum absolute atomic E-state index is 0.340. The van der Waals surface area contributed by atoms with Crippen LogP contribution in [0.1, 0.15) is 34.2 Å². The van der Waals surface area contributed by atoms with E-state index < -0.39 is 0 Å². The van der Waals surface area contributed by atoms with Gasteiger partial charge in [-0.15, -0.1) is 0 Å². The highest BCUT2D eigenvalue weighted by molar-refractivity contribution is 5.94. The minimum atomic E-state index is -0.372. The second kappa shape index (κ2) is 5.52. The van der Waals surface area contributed by atoms with Crippen molar-refractivity contribution in [1.29, 1.82) is 0 Å². The monoisotopic (exact) mass is 283 g/mol. The number of carbonyl (C=O) groups is 1. The van der Waals surface area contributed by atoms with E-state index in [0.717, 1.165) is 13.1 Å². The smallest absolute Gasteiger partial charge is 0.343 e. The van der Waals surface area contributed by atoms with Gasteiger partial charge in [-0.25, -0.2) is 14.8 Å². The Hall–Kier alpha value is -2.43. The molecule has 0 atom stereocenters. The summed E-state index contributed by atoms with van der Waals surface area (Å²) in [6.45, 7) is 5.45. The van der Waals surface area contributed by atoms with Crippen molar-refractivity contribution in [2.24, 2.45) is 0 Å². The molecule has 1 aliphatic heterocycles. The second-order valence-corrected chi connectivity index (χ2v) is 5.00. The summed E-state index contributed by atoms with van der Waals surface area (Å²) < 4.78 is 5.10. The Morgan fingerprint density at radius 1 is 1.29 bits per heavy atom. The summed E-state index contributed by atoms with van der Waals surface area (Å²) in [5.41, 5.74) is 2.96. The van der Waals surface area contributed by atoms with Gasteiger partial charge in [0.15, 0.2) is 0 Å². The van der Waals surface area contributed by atoms with Crippen molar-refractivity contribution >= 4 is 11.8 Å². The van der Waals surface area contributed by atoms with E-state index in [0.29, 0.717) is 23.8 Å². The van der Waals surface area contributed by atoms with E-state index in [1.54, 1.807) is 13.1 Å². The van der Waals surface area contributed by atoms with Gasteiger partial charge in [-0.3, -0.25) is 0 Å². The van der Waals surface area contributed by atoms with E-state index in [9.17, 15) is 4.79 Å². The van der Waals surface area contributed by atoms with Gasteiger partial charge >= 0.3 is 5.97 Å². The fourth-order valence-electron chi connectivity index (χ4n) is 2.53. The van der Waals surface area contributed by atoms with Gasteiger partial charge in [-0.05, 0) is 25.0 Å². The summed E-state index contributed by atoms with van der Waals surface area (Å²) in [7, 11) is 0. The molecule has 0 fully saturated rings. The lowest BCUT2D eigenvalue weighted by molar-refractivity contribution is 0.0526. The molecule has 5 heteroatoms. The third-order valence-electron chi connectivity index (χ3n) is 3.52. The first-order valence-corrected chi connectivity index (χ1v) is 7.01. The Bertz CT molecular complexity index is 660. The third kappa shape index (κ3) is 2.59. The molecule has 0 amide bonds. The Morgan fingerprint density at radius 2 is 1.95 bits per heavy atom. The van der Waals surface area contributed by atoms with Crippen LogP contribution >= 0.6 is 0 Å². The van der Waals surface area contributed by atoms with Crippen molar-refractivity contribution in [3.8, 4) is 0 Å². The number of benzene rings is 1. The predicted octanol–water partition coefficient (Wildman–Crippen LogP) is 2.48. The van der Waals surface area contributed by atoms with Crippen LogP contribution in [0.15, 0.2) is 30.5 Å². The maximum Gasteiger partial charge on any atom is 0.343 e. The fraction of sp³-hybridized carbons (Fsp3) is 0.312. The van der Waals surface area contributed by atoms with Crippen LogP contribution in [0.5, 0.6) is 0 Å². The molecule has 1 aromatic heterocycles. The van der Waals surface area contributed by atoms with Crippen LogP contribution < -0.4 is 4.90 Å². The van der Waals surface area contributed by atoms with Crippen LogP contribution in [-0.4, -0.2) is 22.5 Å². The zero-order chi connectivity index (χ0) is 14.8. The van der Waals surface area contributed by atoms with Crippen LogP contribution in [0.3, 0.4) is 0 Å². The second-order valence-electron chi connectivity index (χ2n) is 5.00. The molecule has 1 aromatic carbocycles. The van der Waals surface area contributed by atoms with Gasteiger partial charge in [0, 0.05) is 19.3 Å². The highest BCUT2D eigenvalue weighted by Gasteiger charge is 2.25. The van der Waals surface area contributed by atoms with Crippen molar-refractivity contribution < 1.29 is 9.53 Å². The van der Waals surface area contributed by atoms with Gasteiger partial charge in [-0.2, -0.15) is 0 Å². The van der Waals surface area contributed by atoms with Crippen LogP contribution in [0, 0.1) is 6.92 Å². The standard InChI is InChI=1S/C16H17N3O2/c1-3-21-16(20)14-8-17-11(2)18-15(14)19-9-12-6-4-5-7-13(12)10-19/h4-8H,3,9-10H2,1-2H3. The molecule has 0 N–H and O–H groups in total. The summed E-state index contributed by atoms with van der Waals surface area (Å²) in [4.78, 5) is 22.7. The SMILES string of the molecule is CCOC(=O)c1cnc(C)nc1N1Cc2ccccc2C1. The molecular formula is C16H17N3O2. The first-order valence-electron chi connectivity index (χ1n) is 7.01. The van der Waals surface area contributed by atoms with Crippen molar-refractivity contribution in [3.63, 3.8) is 0 Å². The van der Waals surface area contributed by atoms with Crippen molar-refractivity contribution in [3.05, 3.63) is 53.0 Å². The quantitative estimate of drug-likeness (QED) is 0.810. The molecule has 5 nitrogen and oxygen atoms in total. The van der Waals surface area contributed by atoms with E-state index in [1.165, 1.54) is 11.1 Å². The van der Waals surface area contributed by atoms with Crippen molar-refractivity contribution in [2.45, 2.75) is 26.9 Å². The number of anilines is 1. The topological polar surface area (TPSA) is 55.3 Å². The normalized spacial score (nSPS) is 13.1. The summed E-state index contributed by atoms with van der Waals surface area (Å²) in [6.07, 6.45) is 1.55. The molecule has 108 valence electrons. The van der Waals surface area contributed by atoms with Crippen molar-refractivity contribution in [2.75, 3.05) is 11.5 Å². The Morgan fingerprint density at radius 3 is 2.57 bits per heavy atom. The molecule has 0 saturated heterocycles. The number of hydrogen-bond donors (Lipinski definition) is 0. The Balaban J connectivity index is 1.96. The lowest BCUT2D eigenvalue weighted by Gasteiger charge is -2.19. The fourth-order valence-corrected chi connectivity index (χ4v) is 2.53. The molecule has 0 saturated carbocycles. The molecule has 3 rings (SSSR count). The zero-order valence-corrected chi connectivity index (χ0v) is 12.2. The first-order chi connectivity index (χ1) is 10.2. The minimum Gasteiger partial charge on any atom is -0.462 e. The molecule has 0 unspecified atom stereocenters. The average molecular weight is 283 g/mol. The lowest BCUT2D eigenvalue weighted by Crippen LogP contribution is -2.21. The molecule has 0 radical (unpaired) electrons. The van der Waals surface area contributed by atoms with Gasteiger partial charge in [0.05, 0.1) is 6.61 Å². The van der Waals surface area contributed by atoms with E-state index >= 15 is 0 Å². The lowest BCUT2D eigenvalue weighted by atomic mass is 10.1.